The number of hydrogen-bond donors (Lipinski definition) is 1. The molecule has 0 bridgehead atoms. The molecule has 1 N–H and O–H groups in total. The second-order valence-corrected chi connectivity index (χ2v) is 10.4. The van der Waals surface area contributed by atoms with Crippen molar-refractivity contribution in [1.82, 2.24) is 5.32 Å². The van der Waals surface area contributed by atoms with Gasteiger partial charge in [-0.1, -0.05) is 11.6 Å². The van der Waals surface area contributed by atoms with Gasteiger partial charge in [0.2, 0.25) is 0 Å². The summed E-state index contributed by atoms with van der Waals surface area (Å²) in [7, 11) is -4.63. The lowest BCUT2D eigenvalue weighted by Gasteiger charge is -2.43. The van der Waals surface area contributed by atoms with E-state index in [0.717, 1.165) is 12.1 Å². The summed E-state index contributed by atoms with van der Waals surface area (Å²) in [5.74, 6) is -2.34. The Morgan fingerprint density at radius 2 is 1.83 bits per heavy atom. The van der Waals surface area contributed by atoms with Crippen molar-refractivity contribution in [3.8, 4) is 5.75 Å². The molecule has 0 unspecified atom stereocenters. The van der Waals surface area contributed by atoms with E-state index in [2.05, 4.69) is 5.32 Å². The van der Waals surface area contributed by atoms with Crippen LogP contribution in [-0.2, 0) is 19.6 Å². The summed E-state index contributed by atoms with van der Waals surface area (Å²) >= 11 is 5.80. The highest BCUT2D eigenvalue weighted by molar-refractivity contribution is 7.85. The van der Waals surface area contributed by atoms with Gasteiger partial charge in [0, 0.05) is 16.7 Å². The van der Waals surface area contributed by atoms with Crippen LogP contribution in [0.4, 0.5) is 9.18 Å². The molecular weight excluding hydrogens is 521 g/mol. The Bertz CT molecular complexity index is 1310. The average Bonchev–Trinajstić information content (AvgIpc) is 2.76. The molecule has 0 saturated heterocycles. The summed E-state index contributed by atoms with van der Waals surface area (Å²) in [5, 5.41) is 2.43. The largest absolute Gasteiger partial charge is 0.748 e. The summed E-state index contributed by atoms with van der Waals surface area (Å²) < 4.78 is 62.0. The van der Waals surface area contributed by atoms with E-state index in [1.807, 2.05) is 0 Å². The summed E-state index contributed by atoms with van der Waals surface area (Å²) in [6, 6.07) is 6.81. The number of carbonyl (C=O) groups excluding carboxylic acids is 3. The van der Waals surface area contributed by atoms with Gasteiger partial charge in [-0.15, -0.1) is 0 Å². The fourth-order valence-corrected chi connectivity index (χ4v) is 4.07. The van der Waals surface area contributed by atoms with Gasteiger partial charge in [0.15, 0.2) is 11.9 Å². The molecule has 2 aromatic carbocycles. The Morgan fingerprint density at radius 1 is 1.17 bits per heavy atom. The quantitative estimate of drug-likeness (QED) is 0.315. The van der Waals surface area contributed by atoms with Gasteiger partial charge >= 0.3 is 6.16 Å². The van der Waals surface area contributed by atoms with Crippen LogP contribution in [0.2, 0.25) is 5.02 Å². The van der Waals surface area contributed by atoms with E-state index in [9.17, 15) is 31.7 Å². The van der Waals surface area contributed by atoms with Crippen LogP contribution < -0.4 is 10.1 Å². The van der Waals surface area contributed by atoms with Crippen LogP contribution in [0.5, 0.6) is 5.75 Å². The maximum atomic E-state index is 13.6. The molecular formula is C23H22ClFNO9S-. The highest BCUT2D eigenvalue weighted by Crippen LogP contribution is 2.42. The molecule has 2 aromatic rings. The van der Waals surface area contributed by atoms with Gasteiger partial charge in [-0.2, -0.15) is 0 Å². The fraction of sp³-hybridized carbons (Fsp3) is 0.348. The summed E-state index contributed by atoms with van der Waals surface area (Å²) in [4.78, 5) is 37.4. The molecule has 0 radical (unpaired) electrons. The molecule has 0 aromatic heterocycles. The molecule has 10 nitrogen and oxygen atoms in total. The topological polar surface area (TPSA) is 148 Å². The van der Waals surface area contributed by atoms with E-state index in [4.69, 9.17) is 25.8 Å². The van der Waals surface area contributed by atoms with Gasteiger partial charge in [0.1, 0.15) is 23.8 Å². The molecule has 0 aliphatic carbocycles. The van der Waals surface area contributed by atoms with E-state index < -0.39 is 58.1 Å². The number of ether oxygens (including phenoxy) is 3. The zero-order valence-electron chi connectivity index (χ0n) is 19.4. The first-order valence-corrected chi connectivity index (χ1v) is 12.5. The normalized spacial score (nSPS) is 18.4. The van der Waals surface area contributed by atoms with Crippen molar-refractivity contribution < 1.29 is 46.0 Å². The molecule has 0 saturated carbocycles. The first kappa shape index (κ1) is 27.4. The molecule has 1 amide bonds. The Hall–Kier alpha value is -3.22. The molecule has 0 spiro atoms. The van der Waals surface area contributed by atoms with Gasteiger partial charge in [-0.05, 0) is 57.2 Å². The third-order valence-corrected chi connectivity index (χ3v) is 6.31. The van der Waals surface area contributed by atoms with Crippen LogP contribution in [0.3, 0.4) is 0 Å². The molecule has 36 heavy (non-hydrogen) atoms. The molecule has 2 atom stereocenters. The molecule has 194 valence electrons. The van der Waals surface area contributed by atoms with Gasteiger partial charge < -0.3 is 24.1 Å². The van der Waals surface area contributed by atoms with Gasteiger partial charge in [-0.25, -0.2) is 17.6 Å². The number of amides is 1. The van der Waals surface area contributed by atoms with Crippen molar-refractivity contribution in [2.75, 3.05) is 12.4 Å². The van der Waals surface area contributed by atoms with Gasteiger partial charge in [0.25, 0.3) is 5.91 Å². The van der Waals surface area contributed by atoms with Crippen LogP contribution in [0, 0.1) is 5.82 Å². The van der Waals surface area contributed by atoms with E-state index in [1.54, 1.807) is 13.8 Å². The molecule has 1 heterocycles. The number of benzene rings is 2. The predicted molar refractivity (Wildman–Crippen MR) is 124 cm³/mol. The molecule has 1 aliphatic rings. The first-order chi connectivity index (χ1) is 16.7. The minimum Gasteiger partial charge on any atom is -0.748 e. The molecule has 1 aliphatic heterocycles. The van der Waals surface area contributed by atoms with Gasteiger partial charge in [-0.3, -0.25) is 9.59 Å². The highest BCUT2D eigenvalue weighted by Gasteiger charge is 2.48. The number of ketones is 1. The Balaban J connectivity index is 1.97. The molecule has 0 fully saturated rings. The summed E-state index contributed by atoms with van der Waals surface area (Å²) in [6.45, 7) is 3.75. The zero-order chi connectivity index (χ0) is 26.8. The minimum absolute atomic E-state index is 0.0111. The Labute approximate surface area is 211 Å². The standard InChI is InChI=1S/C23H23ClFNO9S/c1-12(27)13-5-7-18-15(10-13)19(26-21(28)14-4-6-17(25)16(24)11-14)20(23(2,3)35-18)34-22(29)33-8-9-36(30,31)32/h4-7,10-11,19-20H,8-9H2,1-3H3,(H,26,28)(H,30,31,32)/p-1/t19-,20-/m0/s1. The molecule has 3 rings (SSSR count). The lowest BCUT2D eigenvalue weighted by molar-refractivity contribution is -0.0877. The van der Waals surface area contributed by atoms with E-state index in [-0.39, 0.29) is 16.4 Å². The van der Waals surface area contributed by atoms with Crippen LogP contribution in [0.1, 0.15) is 53.1 Å². The fourth-order valence-electron chi connectivity index (χ4n) is 3.60. The Kier molecular flexibility index (Phi) is 7.91. The van der Waals surface area contributed by atoms with Crippen molar-refractivity contribution in [3.63, 3.8) is 0 Å². The number of nitrogens with one attached hydrogen (secondary N) is 1. The second kappa shape index (κ2) is 10.4. The Morgan fingerprint density at radius 3 is 2.44 bits per heavy atom. The smallest absolute Gasteiger partial charge is 0.508 e. The number of fused-ring (bicyclic) bond motifs is 1. The third-order valence-electron chi connectivity index (χ3n) is 5.36. The SMILES string of the molecule is CC(=O)c1ccc2c(c1)[C@H](NC(=O)c1ccc(F)c(Cl)c1)[C@H](OC(=O)OCCS(=O)(=O)[O-])C(C)(C)O2. The highest BCUT2D eigenvalue weighted by atomic mass is 35.5. The third kappa shape index (κ3) is 6.50. The average molecular weight is 543 g/mol. The first-order valence-electron chi connectivity index (χ1n) is 10.5. The van der Waals surface area contributed by atoms with Gasteiger partial charge in [0.05, 0.1) is 26.9 Å². The number of rotatable bonds is 7. The van der Waals surface area contributed by atoms with Crippen molar-refractivity contribution in [1.29, 1.82) is 0 Å². The van der Waals surface area contributed by atoms with Crippen molar-refractivity contribution in [2.45, 2.75) is 38.5 Å². The van der Waals surface area contributed by atoms with Crippen molar-refractivity contribution in [2.24, 2.45) is 0 Å². The number of hydrogen-bond acceptors (Lipinski definition) is 9. The summed E-state index contributed by atoms with van der Waals surface area (Å²) in [5.41, 5.74) is -0.643. The number of halogens is 2. The van der Waals surface area contributed by atoms with Crippen LogP contribution >= 0.6 is 11.6 Å². The molecule has 13 heteroatoms. The lowest BCUT2D eigenvalue weighted by atomic mass is 9.85. The van der Waals surface area contributed by atoms with Crippen LogP contribution in [0.15, 0.2) is 36.4 Å². The summed E-state index contributed by atoms with van der Waals surface area (Å²) in [6.07, 6.45) is -2.56. The van der Waals surface area contributed by atoms with E-state index in [1.165, 1.54) is 31.2 Å². The monoisotopic (exact) mass is 542 g/mol. The van der Waals surface area contributed by atoms with Crippen LogP contribution in [-0.4, -0.2) is 54.9 Å². The predicted octanol–water partition coefficient (Wildman–Crippen LogP) is 3.39. The van der Waals surface area contributed by atoms with E-state index >= 15 is 0 Å². The minimum atomic E-state index is -4.63. The maximum absolute atomic E-state index is 13.6. The van der Waals surface area contributed by atoms with E-state index in [0.29, 0.717) is 16.9 Å². The second-order valence-electron chi connectivity index (χ2n) is 8.49. The number of carbonyl (C=O) groups is 3. The van der Waals surface area contributed by atoms with Crippen LogP contribution in [0.25, 0.3) is 0 Å². The maximum Gasteiger partial charge on any atom is 0.508 e. The zero-order valence-corrected chi connectivity index (χ0v) is 20.9. The number of Topliss-reactive ketones (excluding diaryl/α,β-unsaturated/α-hetero) is 1. The van der Waals surface area contributed by atoms with Crippen molar-refractivity contribution in [3.05, 3.63) is 63.9 Å². The lowest BCUT2D eigenvalue weighted by Crippen LogP contribution is -2.55. The van der Waals surface area contributed by atoms with Crippen molar-refractivity contribution >= 4 is 39.6 Å².